The fourth-order valence-corrected chi connectivity index (χ4v) is 3.18. The molecule has 146 valence electrons. The quantitative estimate of drug-likeness (QED) is 0.720. The first kappa shape index (κ1) is 19.6. The van der Waals surface area contributed by atoms with E-state index in [-0.39, 0.29) is 24.9 Å². The molecular weight excluding hydrogens is 358 g/mol. The van der Waals surface area contributed by atoms with Crippen LogP contribution in [-0.2, 0) is 38.6 Å². The molecule has 0 aliphatic carbocycles. The summed E-state index contributed by atoms with van der Waals surface area (Å²) >= 11 is 0. The lowest BCUT2D eigenvalue weighted by Crippen LogP contribution is -2.31. The molecule has 0 aromatic heterocycles. The van der Waals surface area contributed by atoms with Crippen LogP contribution in [0.25, 0.3) is 0 Å². The van der Waals surface area contributed by atoms with Gasteiger partial charge in [-0.25, -0.2) is 4.79 Å². The molecule has 0 saturated carbocycles. The molecule has 6 nitrogen and oxygen atoms in total. The third kappa shape index (κ3) is 4.97. The van der Waals surface area contributed by atoms with Gasteiger partial charge in [0, 0.05) is 19.5 Å². The highest BCUT2D eigenvalue weighted by Gasteiger charge is 2.22. The first-order valence-corrected chi connectivity index (χ1v) is 9.24. The zero-order valence-electron chi connectivity index (χ0n) is 15.8. The molecule has 0 fully saturated rings. The Morgan fingerprint density at radius 1 is 1.04 bits per heavy atom. The number of amides is 1. The molecule has 0 N–H and O–H groups in total. The second-order valence-electron chi connectivity index (χ2n) is 6.69. The van der Waals surface area contributed by atoms with E-state index in [0.29, 0.717) is 31.5 Å². The molecule has 0 spiro atoms. The topological polar surface area (TPSA) is 72.9 Å². The maximum absolute atomic E-state index is 12.4. The third-order valence-corrected chi connectivity index (χ3v) is 4.79. The van der Waals surface area contributed by atoms with Gasteiger partial charge in [0.05, 0.1) is 19.1 Å². The van der Waals surface area contributed by atoms with Crippen LogP contribution in [0.1, 0.15) is 39.9 Å². The first-order valence-electron chi connectivity index (χ1n) is 9.24. The number of hydrogen-bond donors (Lipinski definition) is 0. The summed E-state index contributed by atoms with van der Waals surface area (Å²) in [5, 5.41) is 0. The van der Waals surface area contributed by atoms with Gasteiger partial charge in [0.15, 0.2) is 0 Å². The monoisotopic (exact) mass is 381 g/mol. The number of benzene rings is 2. The van der Waals surface area contributed by atoms with Crippen LogP contribution < -0.4 is 0 Å². The predicted molar refractivity (Wildman–Crippen MR) is 102 cm³/mol. The number of methoxy groups -OCH3 is 1. The van der Waals surface area contributed by atoms with Crippen LogP contribution in [0.2, 0.25) is 0 Å². The number of esters is 2. The summed E-state index contributed by atoms with van der Waals surface area (Å²) in [6, 6.07) is 14.9. The number of hydrogen-bond acceptors (Lipinski definition) is 5. The summed E-state index contributed by atoms with van der Waals surface area (Å²) in [6.45, 7) is 0.874. The largest absolute Gasteiger partial charge is 0.469 e. The molecule has 0 bridgehead atoms. The normalized spacial score (nSPS) is 13.5. The zero-order valence-corrected chi connectivity index (χ0v) is 15.8. The van der Waals surface area contributed by atoms with E-state index in [1.165, 1.54) is 7.11 Å². The van der Waals surface area contributed by atoms with Gasteiger partial charge < -0.3 is 14.4 Å². The van der Waals surface area contributed by atoms with Crippen LogP contribution in [-0.4, -0.2) is 36.4 Å². The van der Waals surface area contributed by atoms with Crippen molar-refractivity contribution in [2.75, 3.05) is 13.7 Å². The Bertz CT molecular complexity index is 862. The minimum Gasteiger partial charge on any atom is -0.469 e. The van der Waals surface area contributed by atoms with E-state index in [1.54, 1.807) is 17.0 Å². The van der Waals surface area contributed by atoms with Gasteiger partial charge in [0.25, 0.3) is 0 Å². The van der Waals surface area contributed by atoms with Crippen molar-refractivity contribution in [1.82, 2.24) is 4.90 Å². The molecule has 1 heterocycles. The van der Waals surface area contributed by atoms with Crippen molar-refractivity contribution in [3.8, 4) is 0 Å². The van der Waals surface area contributed by atoms with Gasteiger partial charge in [0.2, 0.25) is 5.91 Å². The maximum Gasteiger partial charge on any atom is 0.338 e. The average Bonchev–Trinajstić information content (AvgIpc) is 2.89. The lowest BCUT2D eigenvalue weighted by molar-refractivity contribution is -0.141. The Hall–Kier alpha value is -3.15. The molecule has 2 aromatic rings. The number of carbonyl (C=O) groups excluding carboxylic acids is 3. The standard InChI is InChI=1S/C22H23NO5/c1-27-21(25)11-12-23-14-19-13-18(8-7-17(19)9-10-20(23)24)22(26)28-15-16-5-3-2-4-6-16/h2-8,13H,9-12,14-15H2,1H3. The van der Waals surface area contributed by atoms with Gasteiger partial charge >= 0.3 is 11.9 Å². The number of fused-ring (bicyclic) bond motifs is 1. The third-order valence-electron chi connectivity index (χ3n) is 4.79. The molecule has 1 aliphatic rings. The molecule has 1 aliphatic heterocycles. The van der Waals surface area contributed by atoms with Crippen molar-refractivity contribution < 1.29 is 23.9 Å². The van der Waals surface area contributed by atoms with E-state index >= 15 is 0 Å². The first-order chi connectivity index (χ1) is 13.6. The molecule has 0 unspecified atom stereocenters. The van der Waals surface area contributed by atoms with Gasteiger partial charge in [-0.2, -0.15) is 0 Å². The van der Waals surface area contributed by atoms with Crippen molar-refractivity contribution in [3.05, 3.63) is 70.8 Å². The Morgan fingerprint density at radius 2 is 1.82 bits per heavy atom. The van der Waals surface area contributed by atoms with Gasteiger partial charge in [-0.05, 0) is 35.2 Å². The van der Waals surface area contributed by atoms with Crippen molar-refractivity contribution in [2.24, 2.45) is 0 Å². The van der Waals surface area contributed by atoms with E-state index in [9.17, 15) is 14.4 Å². The van der Waals surface area contributed by atoms with E-state index in [0.717, 1.165) is 16.7 Å². The number of rotatable bonds is 6. The van der Waals surface area contributed by atoms with E-state index in [2.05, 4.69) is 4.74 Å². The fraction of sp³-hybridized carbons (Fsp3) is 0.318. The molecule has 28 heavy (non-hydrogen) atoms. The zero-order chi connectivity index (χ0) is 19.9. The summed E-state index contributed by atoms with van der Waals surface area (Å²) in [5.74, 6) is -0.757. The minimum atomic E-state index is -0.400. The van der Waals surface area contributed by atoms with Gasteiger partial charge in [-0.1, -0.05) is 36.4 Å². The molecule has 2 aromatic carbocycles. The Kier molecular flexibility index (Phi) is 6.42. The fourth-order valence-electron chi connectivity index (χ4n) is 3.18. The summed E-state index contributed by atoms with van der Waals surface area (Å²) in [5.41, 5.74) is 3.32. The Morgan fingerprint density at radius 3 is 2.57 bits per heavy atom. The molecule has 3 rings (SSSR count). The number of carbonyl (C=O) groups is 3. The molecule has 1 amide bonds. The van der Waals surface area contributed by atoms with Gasteiger partial charge in [-0.3, -0.25) is 9.59 Å². The summed E-state index contributed by atoms with van der Waals surface area (Å²) < 4.78 is 10.1. The highest BCUT2D eigenvalue weighted by Crippen LogP contribution is 2.22. The minimum absolute atomic E-state index is 0.00620. The van der Waals surface area contributed by atoms with E-state index in [1.807, 2.05) is 36.4 Å². The predicted octanol–water partition coefficient (Wildman–Crippen LogP) is 2.88. The number of ether oxygens (including phenoxy) is 2. The van der Waals surface area contributed by atoms with Crippen molar-refractivity contribution in [1.29, 1.82) is 0 Å². The lowest BCUT2D eigenvalue weighted by atomic mass is 10.0. The van der Waals surface area contributed by atoms with E-state index < -0.39 is 5.97 Å². The Balaban J connectivity index is 1.69. The molecule has 0 saturated heterocycles. The number of aryl methyl sites for hydroxylation is 1. The molecule has 0 atom stereocenters. The van der Waals surface area contributed by atoms with Crippen LogP contribution in [0.15, 0.2) is 48.5 Å². The number of nitrogens with zero attached hydrogens (tertiary/aromatic N) is 1. The van der Waals surface area contributed by atoms with Crippen LogP contribution in [0.3, 0.4) is 0 Å². The van der Waals surface area contributed by atoms with Crippen LogP contribution in [0, 0.1) is 0 Å². The van der Waals surface area contributed by atoms with Gasteiger partial charge in [-0.15, -0.1) is 0 Å². The van der Waals surface area contributed by atoms with Crippen LogP contribution in [0.5, 0.6) is 0 Å². The second kappa shape index (κ2) is 9.17. The maximum atomic E-state index is 12.4. The summed E-state index contributed by atoms with van der Waals surface area (Å²) in [7, 11) is 1.33. The highest BCUT2D eigenvalue weighted by atomic mass is 16.5. The van der Waals surface area contributed by atoms with Crippen LogP contribution in [0.4, 0.5) is 0 Å². The smallest absolute Gasteiger partial charge is 0.338 e. The van der Waals surface area contributed by atoms with E-state index in [4.69, 9.17) is 4.74 Å². The summed E-state index contributed by atoms with van der Waals surface area (Å²) in [6.07, 6.45) is 1.14. The molecule has 0 radical (unpaired) electrons. The van der Waals surface area contributed by atoms with Crippen LogP contribution >= 0.6 is 0 Å². The molecule has 6 heteroatoms. The van der Waals surface area contributed by atoms with Crippen molar-refractivity contribution in [3.63, 3.8) is 0 Å². The lowest BCUT2D eigenvalue weighted by Gasteiger charge is -2.20. The highest BCUT2D eigenvalue weighted by molar-refractivity contribution is 5.90. The van der Waals surface area contributed by atoms with Gasteiger partial charge in [0.1, 0.15) is 6.61 Å². The SMILES string of the molecule is COC(=O)CCN1Cc2cc(C(=O)OCc3ccccc3)ccc2CCC1=O. The summed E-state index contributed by atoms with van der Waals surface area (Å²) in [4.78, 5) is 37.8. The van der Waals surface area contributed by atoms with Crippen molar-refractivity contribution >= 4 is 17.8 Å². The average molecular weight is 381 g/mol. The molecular formula is C22H23NO5. The van der Waals surface area contributed by atoms with Crippen molar-refractivity contribution in [2.45, 2.75) is 32.4 Å². The Labute approximate surface area is 164 Å². The second-order valence-corrected chi connectivity index (χ2v) is 6.69.